The number of rotatable bonds is 6. The van der Waals surface area contributed by atoms with Crippen LogP contribution in [0.25, 0.3) is 0 Å². The molecule has 118 valence electrons. The van der Waals surface area contributed by atoms with Crippen molar-refractivity contribution in [2.75, 3.05) is 6.54 Å². The fourth-order valence-corrected chi connectivity index (χ4v) is 2.55. The molecule has 0 aliphatic rings. The topological polar surface area (TPSA) is 89.3 Å². The Morgan fingerprint density at radius 3 is 2.43 bits per heavy atom. The van der Waals surface area contributed by atoms with Gasteiger partial charge in [0, 0.05) is 6.54 Å². The zero-order chi connectivity index (χ0) is 16.2. The second-order valence-corrected chi connectivity index (χ2v) is 6.64. The average molecular weight is 337 g/mol. The van der Waals surface area contributed by atoms with Crippen LogP contribution in [-0.4, -0.2) is 20.9 Å². The molecule has 0 heterocycles. The van der Waals surface area contributed by atoms with Crippen LogP contribution in [0.5, 0.6) is 0 Å². The number of nitrogens with one attached hydrogen (secondary N) is 1. The molecule has 0 aliphatic carbocycles. The van der Waals surface area contributed by atoms with E-state index in [0.717, 1.165) is 18.9 Å². The molecule has 0 aromatic heterocycles. The molecule has 1 rings (SSSR count). The summed E-state index contributed by atoms with van der Waals surface area (Å²) in [4.78, 5) is 11.5. The van der Waals surface area contributed by atoms with Crippen molar-refractivity contribution in [3.63, 3.8) is 0 Å². The first kappa shape index (κ1) is 17.9. The summed E-state index contributed by atoms with van der Waals surface area (Å²) >= 11 is 5.72. The van der Waals surface area contributed by atoms with Crippen molar-refractivity contribution in [2.45, 2.75) is 31.6 Å². The highest BCUT2D eigenvalue weighted by Crippen LogP contribution is 2.24. The summed E-state index contributed by atoms with van der Waals surface area (Å²) in [6.45, 7) is 4.40. The second kappa shape index (κ2) is 7.20. The molecular weight excluding hydrogens is 319 g/mol. The fourth-order valence-electron chi connectivity index (χ4n) is 1.80. The van der Waals surface area contributed by atoms with E-state index in [4.69, 9.17) is 16.7 Å². The van der Waals surface area contributed by atoms with Crippen LogP contribution in [0, 0.1) is 11.7 Å². The number of carbonyl (C=O) groups excluding carboxylic acids is 1. The van der Waals surface area contributed by atoms with Gasteiger partial charge in [-0.25, -0.2) is 17.9 Å². The number of hydrogen-bond donors (Lipinski definition) is 2. The third kappa shape index (κ3) is 4.66. The zero-order valence-corrected chi connectivity index (χ0v) is 13.4. The molecule has 1 amide bonds. The number of primary sulfonamides is 1. The highest BCUT2D eigenvalue weighted by molar-refractivity contribution is 7.89. The molecule has 0 fully saturated rings. The van der Waals surface area contributed by atoms with Crippen molar-refractivity contribution in [3.05, 3.63) is 28.5 Å². The van der Waals surface area contributed by atoms with E-state index in [9.17, 15) is 17.6 Å². The Bertz CT molecular complexity index is 631. The lowest BCUT2D eigenvalue weighted by Gasteiger charge is -2.14. The molecular formula is C13H18ClFN2O3S. The van der Waals surface area contributed by atoms with Crippen LogP contribution in [0.2, 0.25) is 5.02 Å². The predicted molar refractivity (Wildman–Crippen MR) is 79.2 cm³/mol. The number of benzene rings is 1. The molecule has 21 heavy (non-hydrogen) atoms. The summed E-state index contributed by atoms with van der Waals surface area (Å²) in [5.41, 5.74) is -0.244. The first-order valence-corrected chi connectivity index (χ1v) is 8.43. The van der Waals surface area contributed by atoms with Gasteiger partial charge in [-0.3, -0.25) is 4.79 Å². The number of hydrogen-bond acceptors (Lipinski definition) is 3. The van der Waals surface area contributed by atoms with E-state index >= 15 is 0 Å². The molecule has 0 saturated carbocycles. The summed E-state index contributed by atoms with van der Waals surface area (Å²) in [6, 6.07) is 1.66. The number of sulfonamides is 1. The normalized spacial score (nSPS) is 11.7. The molecule has 0 atom stereocenters. The maximum absolute atomic E-state index is 13.6. The minimum absolute atomic E-state index is 0.244. The molecule has 0 aliphatic heterocycles. The standard InChI is InChI=1S/C13H18ClFN2O3S/c1-3-8(4-2)7-17-13(18)10-5-9(21(16,19)20)6-11(15)12(10)14/h5-6,8H,3-4,7H2,1-2H3,(H,17,18)(H2,16,19,20). The summed E-state index contributed by atoms with van der Waals surface area (Å²) < 4.78 is 36.2. The zero-order valence-electron chi connectivity index (χ0n) is 11.8. The molecule has 8 heteroatoms. The van der Waals surface area contributed by atoms with Gasteiger partial charge >= 0.3 is 0 Å². The van der Waals surface area contributed by atoms with Crippen molar-refractivity contribution < 1.29 is 17.6 Å². The first-order chi connectivity index (χ1) is 9.70. The molecule has 0 unspecified atom stereocenters. The first-order valence-electron chi connectivity index (χ1n) is 6.50. The molecule has 0 radical (unpaired) electrons. The van der Waals surface area contributed by atoms with E-state index in [0.29, 0.717) is 18.5 Å². The van der Waals surface area contributed by atoms with Gasteiger partial charge in [-0.15, -0.1) is 0 Å². The van der Waals surface area contributed by atoms with Crippen molar-refractivity contribution in [1.82, 2.24) is 5.32 Å². The van der Waals surface area contributed by atoms with Gasteiger partial charge in [0.2, 0.25) is 10.0 Å². The molecule has 5 nitrogen and oxygen atoms in total. The van der Waals surface area contributed by atoms with Crippen LogP contribution in [0.1, 0.15) is 37.0 Å². The quantitative estimate of drug-likeness (QED) is 0.835. The summed E-state index contributed by atoms with van der Waals surface area (Å²) in [5, 5.41) is 7.14. The van der Waals surface area contributed by atoms with Crippen LogP contribution >= 0.6 is 11.6 Å². The number of carbonyl (C=O) groups is 1. The predicted octanol–water partition coefficient (Wildman–Crippen LogP) is 2.29. The van der Waals surface area contributed by atoms with Crippen LogP contribution in [0.3, 0.4) is 0 Å². The van der Waals surface area contributed by atoms with Gasteiger partial charge in [-0.05, 0) is 18.1 Å². The monoisotopic (exact) mass is 336 g/mol. The van der Waals surface area contributed by atoms with Crippen LogP contribution in [0.15, 0.2) is 17.0 Å². The van der Waals surface area contributed by atoms with Crippen LogP contribution in [0.4, 0.5) is 4.39 Å². The summed E-state index contributed by atoms with van der Waals surface area (Å²) in [5.74, 6) is -1.34. The van der Waals surface area contributed by atoms with E-state index < -0.39 is 31.7 Å². The summed E-state index contributed by atoms with van der Waals surface area (Å²) in [6.07, 6.45) is 1.77. The van der Waals surface area contributed by atoms with Crippen LogP contribution < -0.4 is 10.5 Å². The Balaban J connectivity index is 3.06. The van der Waals surface area contributed by atoms with Gasteiger partial charge in [0.25, 0.3) is 5.91 Å². The number of nitrogens with two attached hydrogens (primary N) is 1. The Morgan fingerprint density at radius 2 is 1.95 bits per heavy atom. The average Bonchev–Trinajstić information content (AvgIpc) is 2.41. The number of amides is 1. The lowest BCUT2D eigenvalue weighted by molar-refractivity contribution is 0.0946. The Morgan fingerprint density at radius 1 is 1.38 bits per heavy atom. The van der Waals surface area contributed by atoms with E-state index in [1.165, 1.54) is 0 Å². The third-order valence-electron chi connectivity index (χ3n) is 3.28. The van der Waals surface area contributed by atoms with Gasteiger partial charge in [0.1, 0.15) is 5.82 Å². The maximum atomic E-state index is 13.6. The van der Waals surface area contributed by atoms with Crippen LogP contribution in [-0.2, 0) is 10.0 Å². The lowest BCUT2D eigenvalue weighted by atomic mass is 10.0. The molecule has 3 N–H and O–H groups in total. The lowest BCUT2D eigenvalue weighted by Crippen LogP contribution is -2.29. The van der Waals surface area contributed by atoms with E-state index in [1.54, 1.807) is 0 Å². The molecule has 1 aromatic rings. The number of halogens is 2. The highest BCUT2D eigenvalue weighted by Gasteiger charge is 2.20. The molecule has 0 bridgehead atoms. The summed E-state index contributed by atoms with van der Waals surface area (Å²) in [7, 11) is -4.12. The third-order valence-corrected chi connectivity index (χ3v) is 4.56. The van der Waals surface area contributed by atoms with E-state index in [2.05, 4.69) is 5.32 Å². The van der Waals surface area contributed by atoms with Gasteiger partial charge in [0.05, 0.1) is 15.5 Å². The van der Waals surface area contributed by atoms with Crippen molar-refractivity contribution in [2.24, 2.45) is 11.1 Å². The van der Waals surface area contributed by atoms with E-state index in [1.807, 2.05) is 13.8 Å². The van der Waals surface area contributed by atoms with Crippen molar-refractivity contribution >= 4 is 27.5 Å². The Hall–Kier alpha value is -1.18. The molecule has 1 aromatic carbocycles. The van der Waals surface area contributed by atoms with Gasteiger partial charge in [0.15, 0.2) is 0 Å². The molecule has 0 saturated heterocycles. The maximum Gasteiger partial charge on any atom is 0.252 e. The van der Waals surface area contributed by atoms with Gasteiger partial charge in [-0.2, -0.15) is 0 Å². The second-order valence-electron chi connectivity index (χ2n) is 4.70. The SMILES string of the molecule is CCC(CC)CNC(=O)c1cc(S(N)(=O)=O)cc(F)c1Cl. The largest absolute Gasteiger partial charge is 0.352 e. The Kier molecular flexibility index (Phi) is 6.12. The van der Waals surface area contributed by atoms with Crippen molar-refractivity contribution in [1.29, 1.82) is 0 Å². The molecule has 0 spiro atoms. The smallest absolute Gasteiger partial charge is 0.252 e. The van der Waals surface area contributed by atoms with Gasteiger partial charge in [-0.1, -0.05) is 38.3 Å². The van der Waals surface area contributed by atoms with Gasteiger partial charge < -0.3 is 5.32 Å². The van der Waals surface area contributed by atoms with E-state index in [-0.39, 0.29) is 5.56 Å². The fraction of sp³-hybridized carbons (Fsp3) is 0.462. The van der Waals surface area contributed by atoms with Crippen molar-refractivity contribution in [3.8, 4) is 0 Å². The highest BCUT2D eigenvalue weighted by atomic mass is 35.5. The minimum Gasteiger partial charge on any atom is -0.352 e. The minimum atomic E-state index is -4.12. The Labute approximate surface area is 128 Å².